The third kappa shape index (κ3) is 18.6. The first kappa shape index (κ1) is 21.7. The van der Waals surface area contributed by atoms with Crippen molar-refractivity contribution in [1.82, 2.24) is 5.32 Å². The second kappa shape index (κ2) is 18.7. The smallest absolute Gasteiger partial charge is 0.225 e. The molecule has 0 aliphatic heterocycles. The fourth-order valence-electron chi connectivity index (χ4n) is 2.54. The fraction of sp³-hybridized carbons (Fsp3) is 0.789. The van der Waals surface area contributed by atoms with E-state index < -0.39 is 0 Å². The standard InChI is InChI=1S/C19H37N3O/c1-2-3-4-5-6-7-8-9-10-11-12-13-14-15-16-17-19(23)21-18-22-20/h9-10,18H,2-8,11-17,20H2,1H3,(H,21,22,23)/b10-9+. The first-order valence-electron chi connectivity index (χ1n) is 9.47. The number of rotatable bonds is 16. The first-order chi connectivity index (χ1) is 11.3. The molecule has 0 atom stereocenters. The van der Waals surface area contributed by atoms with Crippen LogP contribution in [0.1, 0.15) is 96.8 Å². The van der Waals surface area contributed by atoms with Gasteiger partial charge in [-0.25, -0.2) is 0 Å². The summed E-state index contributed by atoms with van der Waals surface area (Å²) in [6.45, 7) is 2.26. The monoisotopic (exact) mass is 323 g/mol. The van der Waals surface area contributed by atoms with Crippen LogP contribution in [0.15, 0.2) is 17.3 Å². The number of carbonyl (C=O) groups excluding carboxylic acids is 1. The minimum atomic E-state index is -0.00294. The minimum absolute atomic E-state index is 0.00294. The molecular weight excluding hydrogens is 286 g/mol. The summed E-state index contributed by atoms with van der Waals surface area (Å²) in [5.41, 5.74) is 0. The molecule has 0 unspecified atom stereocenters. The van der Waals surface area contributed by atoms with Crippen molar-refractivity contribution in [3.05, 3.63) is 12.2 Å². The molecule has 0 rings (SSSR count). The molecular formula is C19H37N3O. The maximum Gasteiger partial charge on any atom is 0.225 e. The van der Waals surface area contributed by atoms with Gasteiger partial charge in [-0.15, -0.1) is 0 Å². The quantitative estimate of drug-likeness (QED) is 0.104. The Balaban J connectivity index is 3.17. The van der Waals surface area contributed by atoms with Gasteiger partial charge in [0, 0.05) is 6.42 Å². The molecule has 1 amide bonds. The molecule has 0 bridgehead atoms. The van der Waals surface area contributed by atoms with E-state index in [0.29, 0.717) is 6.42 Å². The van der Waals surface area contributed by atoms with Crippen molar-refractivity contribution in [1.29, 1.82) is 0 Å². The van der Waals surface area contributed by atoms with Gasteiger partial charge in [0.25, 0.3) is 0 Å². The topological polar surface area (TPSA) is 67.5 Å². The first-order valence-corrected chi connectivity index (χ1v) is 9.47. The molecule has 0 aromatic carbocycles. The van der Waals surface area contributed by atoms with Gasteiger partial charge in [-0.1, -0.05) is 70.4 Å². The average Bonchev–Trinajstić information content (AvgIpc) is 2.56. The number of nitrogens with two attached hydrogens (primary N) is 1. The summed E-state index contributed by atoms with van der Waals surface area (Å²) in [6, 6.07) is 0. The summed E-state index contributed by atoms with van der Waals surface area (Å²) in [6.07, 6.45) is 23.0. The lowest BCUT2D eigenvalue weighted by Crippen LogP contribution is -2.21. The van der Waals surface area contributed by atoms with Crippen LogP contribution >= 0.6 is 0 Å². The predicted octanol–water partition coefficient (Wildman–Crippen LogP) is 5.04. The summed E-state index contributed by atoms with van der Waals surface area (Å²) >= 11 is 0. The van der Waals surface area contributed by atoms with Gasteiger partial charge in [0.1, 0.15) is 6.34 Å². The Labute approximate surface area is 143 Å². The van der Waals surface area contributed by atoms with Gasteiger partial charge in [0.2, 0.25) is 5.91 Å². The number of hydrogen-bond donors (Lipinski definition) is 2. The largest absolute Gasteiger partial charge is 0.322 e. The summed E-state index contributed by atoms with van der Waals surface area (Å²) in [5, 5.41) is 5.75. The molecule has 3 N–H and O–H groups in total. The van der Waals surface area contributed by atoms with Crippen LogP contribution in [0, 0.1) is 0 Å². The zero-order chi connectivity index (χ0) is 17.0. The van der Waals surface area contributed by atoms with Gasteiger partial charge < -0.3 is 11.2 Å². The highest BCUT2D eigenvalue weighted by Gasteiger charge is 1.98. The van der Waals surface area contributed by atoms with Gasteiger partial charge in [0.05, 0.1) is 0 Å². The highest BCUT2D eigenvalue weighted by Crippen LogP contribution is 2.09. The number of hydrogen-bond acceptors (Lipinski definition) is 3. The van der Waals surface area contributed by atoms with Crippen molar-refractivity contribution in [2.75, 3.05) is 0 Å². The number of hydrazone groups is 1. The van der Waals surface area contributed by atoms with Crippen LogP contribution in [0.3, 0.4) is 0 Å². The van der Waals surface area contributed by atoms with Crippen LogP contribution in [0.2, 0.25) is 0 Å². The Morgan fingerprint density at radius 3 is 1.96 bits per heavy atom. The van der Waals surface area contributed by atoms with Crippen LogP contribution in [0.5, 0.6) is 0 Å². The van der Waals surface area contributed by atoms with Gasteiger partial charge in [0.15, 0.2) is 0 Å². The summed E-state index contributed by atoms with van der Waals surface area (Å²) in [7, 11) is 0. The molecule has 0 aromatic rings. The Bertz CT molecular complexity index is 314. The molecule has 0 fully saturated rings. The third-order valence-corrected chi connectivity index (χ3v) is 3.97. The molecule has 0 heterocycles. The Kier molecular flexibility index (Phi) is 17.7. The summed E-state index contributed by atoms with van der Waals surface area (Å²) in [4.78, 5) is 11.3. The predicted molar refractivity (Wildman–Crippen MR) is 100 cm³/mol. The number of carbonyl (C=O) groups is 1. The van der Waals surface area contributed by atoms with Crippen LogP contribution < -0.4 is 11.2 Å². The molecule has 0 saturated carbocycles. The lowest BCUT2D eigenvalue weighted by atomic mass is 10.1. The van der Waals surface area contributed by atoms with Crippen molar-refractivity contribution in [3.63, 3.8) is 0 Å². The second-order valence-electron chi connectivity index (χ2n) is 6.18. The summed E-state index contributed by atoms with van der Waals surface area (Å²) in [5.74, 6) is 4.91. The number of nitrogens with zero attached hydrogens (tertiary/aromatic N) is 1. The van der Waals surface area contributed by atoms with Crippen LogP contribution in [-0.4, -0.2) is 12.2 Å². The molecule has 0 saturated heterocycles. The molecule has 0 aliphatic carbocycles. The van der Waals surface area contributed by atoms with Crippen molar-refractivity contribution in [2.45, 2.75) is 96.8 Å². The maximum atomic E-state index is 11.3. The SMILES string of the molecule is CCCCCCCC/C=C/CCCCCCCC(=O)N/C=N\N. The molecule has 134 valence electrons. The van der Waals surface area contributed by atoms with Crippen molar-refractivity contribution >= 4 is 12.2 Å². The van der Waals surface area contributed by atoms with Gasteiger partial charge >= 0.3 is 0 Å². The Morgan fingerprint density at radius 2 is 1.39 bits per heavy atom. The van der Waals surface area contributed by atoms with E-state index in [2.05, 4.69) is 29.5 Å². The third-order valence-electron chi connectivity index (χ3n) is 3.97. The fourth-order valence-corrected chi connectivity index (χ4v) is 2.54. The van der Waals surface area contributed by atoms with Crippen LogP contribution in [0.25, 0.3) is 0 Å². The molecule has 0 aliphatic rings. The molecule has 0 radical (unpaired) electrons. The maximum absolute atomic E-state index is 11.3. The molecule has 23 heavy (non-hydrogen) atoms. The van der Waals surface area contributed by atoms with E-state index in [-0.39, 0.29) is 5.91 Å². The van der Waals surface area contributed by atoms with E-state index in [9.17, 15) is 4.79 Å². The highest BCUT2D eigenvalue weighted by molar-refractivity contribution is 5.87. The van der Waals surface area contributed by atoms with Crippen LogP contribution in [0.4, 0.5) is 0 Å². The van der Waals surface area contributed by atoms with E-state index in [1.54, 1.807) is 0 Å². The number of allylic oxidation sites excluding steroid dienone is 2. The molecule has 0 aromatic heterocycles. The van der Waals surface area contributed by atoms with Crippen molar-refractivity contribution in [3.8, 4) is 0 Å². The Hall–Kier alpha value is -1.32. The second-order valence-corrected chi connectivity index (χ2v) is 6.18. The molecule has 4 heteroatoms. The number of amides is 1. The normalized spacial score (nSPS) is 11.5. The molecule has 4 nitrogen and oxygen atoms in total. The molecule has 0 spiro atoms. The Morgan fingerprint density at radius 1 is 0.870 bits per heavy atom. The van der Waals surface area contributed by atoms with E-state index in [1.807, 2.05) is 0 Å². The zero-order valence-electron chi connectivity index (χ0n) is 15.1. The van der Waals surface area contributed by atoms with E-state index in [4.69, 9.17) is 5.84 Å². The van der Waals surface area contributed by atoms with Crippen molar-refractivity contribution < 1.29 is 4.79 Å². The van der Waals surface area contributed by atoms with Crippen molar-refractivity contribution in [2.24, 2.45) is 10.9 Å². The lowest BCUT2D eigenvalue weighted by Gasteiger charge is -2.00. The number of nitrogens with one attached hydrogen (secondary N) is 1. The van der Waals surface area contributed by atoms with E-state index in [0.717, 1.165) is 12.8 Å². The summed E-state index contributed by atoms with van der Waals surface area (Å²) < 4.78 is 0. The lowest BCUT2D eigenvalue weighted by molar-refractivity contribution is -0.119. The van der Waals surface area contributed by atoms with Gasteiger partial charge in [-0.2, -0.15) is 5.10 Å². The van der Waals surface area contributed by atoms with Gasteiger partial charge in [-0.05, 0) is 32.1 Å². The van der Waals surface area contributed by atoms with Crippen LogP contribution in [-0.2, 0) is 4.79 Å². The average molecular weight is 324 g/mol. The van der Waals surface area contributed by atoms with E-state index >= 15 is 0 Å². The minimum Gasteiger partial charge on any atom is -0.322 e. The van der Waals surface area contributed by atoms with Gasteiger partial charge in [-0.3, -0.25) is 4.79 Å². The number of unbranched alkanes of at least 4 members (excludes halogenated alkanes) is 11. The van der Waals surface area contributed by atoms with E-state index in [1.165, 1.54) is 77.0 Å². The highest BCUT2D eigenvalue weighted by atomic mass is 16.1. The zero-order valence-corrected chi connectivity index (χ0v) is 15.1.